The van der Waals surface area contributed by atoms with Crippen LogP contribution in [0.1, 0.15) is 11.1 Å². The number of hydrogen-bond acceptors (Lipinski definition) is 5. The van der Waals surface area contributed by atoms with Gasteiger partial charge in [0.2, 0.25) is 0 Å². The van der Waals surface area contributed by atoms with Gasteiger partial charge in [0, 0.05) is 15.1 Å². The summed E-state index contributed by atoms with van der Waals surface area (Å²) < 4.78 is 12.6. The van der Waals surface area contributed by atoms with Gasteiger partial charge in [-0.2, -0.15) is 0 Å². The largest absolute Gasteiger partial charge is 0.494 e. The Morgan fingerprint density at radius 2 is 1.81 bits per heavy atom. The fourth-order valence-electron chi connectivity index (χ4n) is 3.76. The lowest BCUT2D eigenvalue weighted by Crippen LogP contribution is -2.19. The van der Waals surface area contributed by atoms with E-state index >= 15 is 0 Å². The summed E-state index contributed by atoms with van der Waals surface area (Å²) in [5.74, 6) is 1.03. The fraction of sp³-hybridized carbons (Fsp3) is 0.0714. The molecule has 0 radical (unpaired) electrons. The number of carbonyl (C=O) groups excluding carboxylic acids is 1. The van der Waals surface area contributed by atoms with Crippen molar-refractivity contribution >= 4 is 72.9 Å². The smallest absolute Gasteiger partial charge is 0.264 e. The maximum absolute atomic E-state index is 12.9. The van der Waals surface area contributed by atoms with E-state index in [0.717, 1.165) is 26.4 Å². The van der Waals surface area contributed by atoms with E-state index in [-0.39, 0.29) is 5.91 Å². The Balaban J connectivity index is 1.49. The Bertz CT molecular complexity index is 1520. The molecule has 0 aromatic heterocycles. The summed E-state index contributed by atoms with van der Waals surface area (Å²) in [5, 5.41) is 5.87. The van der Waals surface area contributed by atoms with Gasteiger partial charge in [0.05, 0.1) is 12.0 Å². The van der Waals surface area contributed by atoms with Gasteiger partial charge in [-0.25, -0.2) is 4.99 Å². The van der Waals surface area contributed by atoms with E-state index in [4.69, 9.17) is 21.1 Å². The van der Waals surface area contributed by atoms with Crippen LogP contribution < -0.4 is 14.8 Å². The number of hydrogen-bond donors (Lipinski definition) is 1. The zero-order valence-corrected chi connectivity index (χ0v) is 22.3. The third-order valence-corrected chi connectivity index (χ3v) is 7.20. The number of ether oxygens (including phenoxy) is 2. The number of amidine groups is 1. The van der Waals surface area contributed by atoms with Gasteiger partial charge in [0.15, 0.2) is 5.17 Å². The van der Waals surface area contributed by atoms with Crippen molar-refractivity contribution in [1.29, 1.82) is 0 Å². The summed E-state index contributed by atoms with van der Waals surface area (Å²) in [6.45, 7) is 0.405. The van der Waals surface area contributed by atoms with Crippen molar-refractivity contribution in [2.45, 2.75) is 6.61 Å². The topological polar surface area (TPSA) is 59.9 Å². The van der Waals surface area contributed by atoms with Crippen molar-refractivity contribution in [3.05, 3.63) is 104 Å². The van der Waals surface area contributed by atoms with Gasteiger partial charge in [-0.3, -0.25) is 4.79 Å². The monoisotopic (exact) mass is 578 g/mol. The van der Waals surface area contributed by atoms with E-state index in [2.05, 4.69) is 26.2 Å². The molecule has 1 aliphatic rings. The van der Waals surface area contributed by atoms with Gasteiger partial charge in [0.1, 0.15) is 23.8 Å². The molecule has 0 atom stereocenters. The van der Waals surface area contributed by atoms with Crippen molar-refractivity contribution in [2.24, 2.45) is 4.99 Å². The molecule has 1 N–H and O–H groups in total. The first-order valence-electron chi connectivity index (χ1n) is 11.0. The van der Waals surface area contributed by atoms with E-state index in [1.165, 1.54) is 11.8 Å². The molecule has 4 aromatic rings. The van der Waals surface area contributed by atoms with E-state index in [9.17, 15) is 4.79 Å². The van der Waals surface area contributed by atoms with Crippen LogP contribution in [0.5, 0.6) is 11.5 Å². The number of fused-ring (bicyclic) bond motifs is 1. The highest BCUT2D eigenvalue weighted by Gasteiger charge is 2.25. The van der Waals surface area contributed by atoms with Crippen LogP contribution in [-0.2, 0) is 11.4 Å². The minimum absolute atomic E-state index is 0.230. The Hall–Kier alpha value is -3.26. The number of nitrogens with one attached hydrogen (secondary N) is 1. The van der Waals surface area contributed by atoms with Gasteiger partial charge < -0.3 is 14.8 Å². The van der Waals surface area contributed by atoms with Crippen molar-refractivity contribution in [1.82, 2.24) is 5.32 Å². The molecule has 0 unspecified atom stereocenters. The number of nitrogens with zero attached hydrogens (tertiary/aromatic N) is 1. The lowest BCUT2D eigenvalue weighted by molar-refractivity contribution is -0.115. The molecule has 5 rings (SSSR count). The summed E-state index contributed by atoms with van der Waals surface area (Å²) in [5.41, 5.74) is 2.42. The molecule has 0 aliphatic carbocycles. The Labute approximate surface area is 226 Å². The second kappa shape index (κ2) is 10.8. The maximum atomic E-state index is 12.9. The zero-order valence-electron chi connectivity index (χ0n) is 19.1. The molecular weight excluding hydrogens is 560 g/mol. The van der Waals surface area contributed by atoms with Crippen molar-refractivity contribution < 1.29 is 14.3 Å². The molecule has 36 heavy (non-hydrogen) atoms. The highest BCUT2D eigenvalue weighted by atomic mass is 79.9. The first kappa shape index (κ1) is 24.4. The number of carbonyl (C=O) groups is 1. The molecule has 1 fully saturated rings. The predicted octanol–water partition coefficient (Wildman–Crippen LogP) is 7.73. The highest BCUT2D eigenvalue weighted by Crippen LogP contribution is 2.37. The van der Waals surface area contributed by atoms with Crippen molar-refractivity contribution in [3.8, 4) is 11.5 Å². The summed E-state index contributed by atoms with van der Waals surface area (Å²) in [4.78, 5) is 18.0. The second-order valence-corrected chi connectivity index (χ2v) is 10.3. The van der Waals surface area contributed by atoms with Crippen LogP contribution in [0, 0.1) is 0 Å². The SMILES string of the molecule is COc1ccc(Cl)cc1N=C1NC(=O)/C(=C/c2c(OCc3ccc(Br)cc3)ccc3ccccc23)S1. The molecule has 0 bridgehead atoms. The van der Waals surface area contributed by atoms with Crippen LogP contribution in [-0.4, -0.2) is 18.2 Å². The van der Waals surface area contributed by atoms with Crippen LogP contribution in [0.3, 0.4) is 0 Å². The molecular formula is C28H20BrClN2O3S. The fourth-order valence-corrected chi connectivity index (χ4v) is 5.01. The average molecular weight is 580 g/mol. The third kappa shape index (κ3) is 5.43. The molecule has 180 valence electrons. The summed E-state index contributed by atoms with van der Waals surface area (Å²) >= 11 is 10.8. The van der Waals surface area contributed by atoms with Gasteiger partial charge in [-0.15, -0.1) is 0 Å². The normalized spacial score (nSPS) is 15.5. The predicted molar refractivity (Wildman–Crippen MR) is 151 cm³/mol. The highest BCUT2D eigenvalue weighted by molar-refractivity contribution is 9.10. The van der Waals surface area contributed by atoms with E-state index < -0.39 is 0 Å². The summed E-state index contributed by atoms with van der Waals surface area (Å²) in [6, 6.07) is 25.1. The van der Waals surface area contributed by atoms with Gasteiger partial charge in [0.25, 0.3) is 5.91 Å². The first-order valence-corrected chi connectivity index (χ1v) is 13.0. The number of amides is 1. The van der Waals surface area contributed by atoms with Crippen molar-refractivity contribution in [3.63, 3.8) is 0 Å². The molecule has 0 spiro atoms. The molecule has 4 aromatic carbocycles. The van der Waals surface area contributed by atoms with Crippen LogP contribution in [0.4, 0.5) is 5.69 Å². The number of rotatable bonds is 6. The maximum Gasteiger partial charge on any atom is 0.264 e. The average Bonchev–Trinajstić information content (AvgIpc) is 3.23. The Morgan fingerprint density at radius 3 is 2.61 bits per heavy atom. The summed E-state index contributed by atoms with van der Waals surface area (Å²) in [7, 11) is 1.56. The third-order valence-electron chi connectivity index (χ3n) is 5.53. The van der Waals surface area contributed by atoms with Crippen LogP contribution in [0.2, 0.25) is 5.02 Å². The molecule has 1 aliphatic heterocycles. The minimum Gasteiger partial charge on any atom is -0.494 e. The van der Waals surface area contributed by atoms with E-state index in [1.54, 1.807) is 25.3 Å². The van der Waals surface area contributed by atoms with E-state index in [1.807, 2.05) is 66.7 Å². The Kier molecular flexibility index (Phi) is 7.32. The lowest BCUT2D eigenvalue weighted by Gasteiger charge is -2.13. The van der Waals surface area contributed by atoms with Gasteiger partial charge >= 0.3 is 0 Å². The number of methoxy groups -OCH3 is 1. The standard InChI is InChI=1S/C28H20BrClN2O3S/c1-34-25-13-11-20(30)14-23(25)31-28-32-27(33)26(36-28)15-22-21-5-3-2-4-18(21)8-12-24(22)35-16-17-6-9-19(29)10-7-17/h2-15H,16H2,1H3,(H,31,32,33)/b26-15-. The minimum atomic E-state index is -0.230. The Morgan fingerprint density at radius 1 is 1.03 bits per heavy atom. The van der Waals surface area contributed by atoms with Crippen LogP contribution in [0.15, 0.2) is 93.2 Å². The molecule has 0 saturated carbocycles. The second-order valence-electron chi connectivity index (χ2n) is 7.91. The first-order chi connectivity index (χ1) is 17.5. The quantitative estimate of drug-likeness (QED) is 0.237. The zero-order chi connectivity index (χ0) is 25.1. The lowest BCUT2D eigenvalue weighted by atomic mass is 10.0. The van der Waals surface area contributed by atoms with Gasteiger partial charge in [-0.05, 0) is 70.6 Å². The molecule has 8 heteroatoms. The molecule has 1 heterocycles. The molecule has 1 amide bonds. The number of aliphatic imine (C=N–C) groups is 1. The number of benzene rings is 4. The van der Waals surface area contributed by atoms with E-state index in [0.29, 0.717) is 38.9 Å². The summed E-state index contributed by atoms with van der Waals surface area (Å²) in [6.07, 6.45) is 1.86. The van der Waals surface area contributed by atoms with Crippen molar-refractivity contribution in [2.75, 3.05) is 7.11 Å². The molecule has 5 nitrogen and oxygen atoms in total. The molecule has 1 saturated heterocycles. The van der Waals surface area contributed by atoms with Gasteiger partial charge in [-0.1, -0.05) is 70.0 Å². The number of thioether (sulfide) groups is 1. The number of halogens is 2. The van der Waals surface area contributed by atoms with Crippen LogP contribution in [0.25, 0.3) is 16.8 Å². The van der Waals surface area contributed by atoms with Crippen LogP contribution >= 0.6 is 39.3 Å².